The Bertz CT molecular complexity index is 1540. The van der Waals surface area contributed by atoms with E-state index in [-0.39, 0.29) is 41.9 Å². The number of aliphatic imine (C=N–C) groups is 1. The number of likely N-dealkylation sites (tertiary alicyclic amines) is 1. The molecule has 0 bridgehead atoms. The number of amides is 2. The predicted molar refractivity (Wildman–Crippen MR) is 184 cm³/mol. The van der Waals surface area contributed by atoms with Crippen LogP contribution >= 0.6 is 35.0 Å². The lowest BCUT2D eigenvalue weighted by molar-refractivity contribution is -0.147. The van der Waals surface area contributed by atoms with Gasteiger partial charge in [-0.1, -0.05) is 61.3 Å². The first-order valence-electron chi connectivity index (χ1n) is 16.0. The molecule has 0 aromatic heterocycles. The summed E-state index contributed by atoms with van der Waals surface area (Å²) in [5.41, 5.74) is 2.42. The zero-order chi connectivity index (χ0) is 32.4. The third-order valence-electron chi connectivity index (χ3n) is 10.1. The van der Waals surface area contributed by atoms with Gasteiger partial charge in [0.05, 0.1) is 6.04 Å². The molecule has 0 N–H and O–H groups in total. The minimum atomic E-state index is -0.636. The van der Waals surface area contributed by atoms with Gasteiger partial charge in [0.15, 0.2) is 5.17 Å². The maximum atomic E-state index is 14.7. The lowest BCUT2D eigenvalue weighted by atomic mass is 9.81. The number of benzene rings is 2. The number of carbonyl (C=O) groups is 2. The highest BCUT2D eigenvalue weighted by molar-refractivity contribution is 8.18. The van der Waals surface area contributed by atoms with Crippen molar-refractivity contribution in [2.24, 2.45) is 10.9 Å². The van der Waals surface area contributed by atoms with E-state index in [1.807, 2.05) is 46.2 Å². The van der Waals surface area contributed by atoms with E-state index in [0.29, 0.717) is 27.9 Å². The van der Waals surface area contributed by atoms with Gasteiger partial charge < -0.3 is 14.7 Å². The molecule has 0 radical (unpaired) electrons. The fourth-order valence-electron chi connectivity index (χ4n) is 7.55. The molecular formula is C35H43Cl2N5O2S. The minimum absolute atomic E-state index is 0.0306. The first-order valence-corrected chi connectivity index (χ1v) is 17.5. The molecule has 0 aliphatic carbocycles. The molecule has 7 nitrogen and oxygen atoms in total. The number of halogens is 2. The Morgan fingerprint density at radius 2 is 1.53 bits per heavy atom. The number of amidine groups is 1. The second-order valence-corrected chi connectivity index (χ2v) is 15.5. The van der Waals surface area contributed by atoms with E-state index in [1.54, 1.807) is 0 Å². The van der Waals surface area contributed by atoms with Gasteiger partial charge in [-0.3, -0.25) is 14.5 Å². The van der Waals surface area contributed by atoms with Crippen molar-refractivity contribution in [2.75, 3.05) is 20.1 Å². The Hall–Kier alpha value is -2.52. The van der Waals surface area contributed by atoms with Gasteiger partial charge in [0.2, 0.25) is 5.91 Å². The van der Waals surface area contributed by atoms with Crippen LogP contribution in [0.2, 0.25) is 10.0 Å². The van der Waals surface area contributed by atoms with Crippen molar-refractivity contribution < 1.29 is 9.59 Å². The zero-order valence-corrected chi connectivity index (χ0v) is 29.5. The summed E-state index contributed by atoms with van der Waals surface area (Å²) in [6, 6.07) is 15.5. The normalized spacial score (nSPS) is 30.4. The molecule has 6 rings (SSSR count). The number of rotatable bonds is 5. The minimum Gasteiger partial charge on any atom is -0.335 e. The van der Waals surface area contributed by atoms with E-state index in [2.05, 4.69) is 70.5 Å². The molecular weight excluding hydrogens is 625 g/mol. The monoisotopic (exact) mass is 667 g/mol. The van der Waals surface area contributed by atoms with E-state index in [4.69, 9.17) is 28.2 Å². The summed E-state index contributed by atoms with van der Waals surface area (Å²) in [6.07, 6.45) is 1.49. The molecule has 2 amide bonds. The Morgan fingerprint density at radius 3 is 2.16 bits per heavy atom. The molecule has 45 heavy (non-hydrogen) atoms. The van der Waals surface area contributed by atoms with Gasteiger partial charge in [-0.15, -0.1) is 0 Å². The summed E-state index contributed by atoms with van der Waals surface area (Å²) >= 11 is 14.1. The number of piperazine rings is 1. The van der Waals surface area contributed by atoms with Gasteiger partial charge in [0.1, 0.15) is 16.5 Å². The molecule has 0 unspecified atom stereocenters. The quantitative estimate of drug-likeness (QED) is 0.339. The smallest absolute Gasteiger partial charge is 0.263 e. The molecule has 0 saturated carbocycles. The van der Waals surface area contributed by atoms with Crippen LogP contribution < -0.4 is 0 Å². The lowest BCUT2D eigenvalue weighted by Gasteiger charge is -2.44. The number of allylic oxidation sites excluding steroid dienone is 1. The van der Waals surface area contributed by atoms with Crippen LogP contribution in [0, 0.1) is 5.92 Å². The maximum absolute atomic E-state index is 14.7. The van der Waals surface area contributed by atoms with E-state index < -0.39 is 11.6 Å². The molecule has 2 fully saturated rings. The molecule has 2 aromatic rings. The highest BCUT2D eigenvalue weighted by atomic mass is 35.5. The van der Waals surface area contributed by atoms with Gasteiger partial charge in [-0.05, 0) is 101 Å². The third-order valence-corrected chi connectivity index (χ3v) is 11.7. The van der Waals surface area contributed by atoms with Crippen molar-refractivity contribution in [2.45, 2.75) is 90.1 Å². The standard InChI is InChI=1S/C35H43Cl2N5O2S/c1-20(2)29-30(33(44)41-21(3)8-17-28(41)32(43)40-19-22(4)39(7)18-23(40)5)45-34-38-35(6,25-11-15-27(37)16-12-25)31(42(29)34)24-9-13-26(36)14-10-24/h9-16,20-23,28,31H,8,17-19H2,1-7H3/t21-,22+,23+,28+,31-,35+/m1/s1. The van der Waals surface area contributed by atoms with Crippen molar-refractivity contribution in [1.29, 1.82) is 0 Å². The van der Waals surface area contributed by atoms with Crippen LogP contribution in [-0.2, 0) is 15.1 Å². The van der Waals surface area contributed by atoms with E-state index in [0.717, 1.165) is 35.0 Å². The second kappa shape index (κ2) is 12.3. The number of likely N-dealkylation sites (N-methyl/N-ethyl adjacent to an activating group) is 1. The number of hydrogen-bond acceptors (Lipinski definition) is 6. The number of hydrogen-bond donors (Lipinski definition) is 0. The van der Waals surface area contributed by atoms with Gasteiger partial charge >= 0.3 is 0 Å². The largest absolute Gasteiger partial charge is 0.335 e. The molecule has 10 heteroatoms. The first kappa shape index (κ1) is 32.4. The molecule has 2 aromatic carbocycles. The fourth-order valence-corrected chi connectivity index (χ4v) is 9.15. The molecule has 2 saturated heterocycles. The van der Waals surface area contributed by atoms with Crippen LogP contribution in [0.4, 0.5) is 0 Å². The van der Waals surface area contributed by atoms with Crippen molar-refractivity contribution >= 4 is 51.9 Å². The molecule has 240 valence electrons. The predicted octanol–water partition coefficient (Wildman–Crippen LogP) is 7.17. The summed E-state index contributed by atoms with van der Waals surface area (Å²) in [5.74, 6) is 0.0427. The lowest BCUT2D eigenvalue weighted by Crippen LogP contribution is -2.60. The highest BCUT2D eigenvalue weighted by Gasteiger charge is 2.54. The van der Waals surface area contributed by atoms with Gasteiger partial charge in [0.25, 0.3) is 5.91 Å². The molecule has 4 aliphatic rings. The molecule has 4 aliphatic heterocycles. The summed E-state index contributed by atoms with van der Waals surface area (Å²) in [7, 11) is 2.11. The molecule has 0 spiro atoms. The first-order chi connectivity index (χ1) is 21.3. The third kappa shape index (κ3) is 5.60. The molecule has 6 atom stereocenters. The SMILES string of the molecule is CC(C)C1=C(C(=O)N2[C@H](C)CC[C@H]2C(=O)N2C[C@H](C)N(C)C[C@@H]2C)SC2=N[C@@](C)(c3ccc(Cl)cc3)[C@@H](c3ccc(Cl)cc3)N21. The summed E-state index contributed by atoms with van der Waals surface area (Å²) in [4.78, 5) is 43.3. The van der Waals surface area contributed by atoms with Crippen LogP contribution in [0.1, 0.15) is 71.6 Å². The zero-order valence-electron chi connectivity index (χ0n) is 27.1. The Balaban J connectivity index is 1.39. The maximum Gasteiger partial charge on any atom is 0.263 e. The van der Waals surface area contributed by atoms with Crippen LogP contribution in [-0.4, -0.2) is 80.9 Å². The summed E-state index contributed by atoms with van der Waals surface area (Å²) in [6.45, 7) is 14.3. The Labute approximate surface area is 281 Å². The van der Waals surface area contributed by atoms with E-state index in [9.17, 15) is 9.59 Å². The summed E-state index contributed by atoms with van der Waals surface area (Å²) < 4.78 is 0. The van der Waals surface area contributed by atoms with Crippen molar-refractivity contribution in [1.82, 2.24) is 19.6 Å². The van der Waals surface area contributed by atoms with Crippen LogP contribution in [0.5, 0.6) is 0 Å². The molecule has 4 heterocycles. The Morgan fingerprint density at radius 1 is 0.911 bits per heavy atom. The van der Waals surface area contributed by atoms with Crippen LogP contribution in [0.3, 0.4) is 0 Å². The van der Waals surface area contributed by atoms with E-state index in [1.165, 1.54) is 11.8 Å². The van der Waals surface area contributed by atoms with Gasteiger partial charge in [0, 0.05) is 47.0 Å². The van der Waals surface area contributed by atoms with Crippen LogP contribution in [0.15, 0.2) is 64.1 Å². The van der Waals surface area contributed by atoms with E-state index >= 15 is 0 Å². The van der Waals surface area contributed by atoms with Crippen molar-refractivity contribution in [3.63, 3.8) is 0 Å². The fraction of sp³-hybridized carbons (Fsp3) is 0.514. The highest BCUT2D eigenvalue weighted by Crippen LogP contribution is 2.56. The Kier molecular flexibility index (Phi) is 8.83. The number of carbonyl (C=O) groups excluding carboxylic acids is 2. The topological polar surface area (TPSA) is 59.5 Å². The average Bonchev–Trinajstić information content (AvgIpc) is 3.64. The van der Waals surface area contributed by atoms with Crippen molar-refractivity contribution in [3.8, 4) is 0 Å². The van der Waals surface area contributed by atoms with Crippen LogP contribution in [0.25, 0.3) is 0 Å². The number of nitrogens with zero attached hydrogens (tertiary/aromatic N) is 5. The summed E-state index contributed by atoms with van der Waals surface area (Å²) in [5, 5.41) is 2.14. The van der Waals surface area contributed by atoms with Crippen molar-refractivity contribution in [3.05, 3.63) is 80.3 Å². The van der Waals surface area contributed by atoms with Gasteiger partial charge in [-0.25, -0.2) is 4.99 Å². The second-order valence-electron chi connectivity index (χ2n) is 13.6. The number of fused-ring (bicyclic) bond motifs is 1. The van der Waals surface area contributed by atoms with Gasteiger partial charge in [-0.2, -0.15) is 0 Å². The average molecular weight is 669 g/mol. The number of thioether (sulfide) groups is 1.